The molecule has 0 heterocycles. The second-order valence-electron chi connectivity index (χ2n) is 8.37. The Balaban J connectivity index is 1.86. The molecule has 2 aliphatic rings. The Labute approximate surface area is 200 Å². The number of benzene rings is 3. The van der Waals surface area contributed by atoms with Gasteiger partial charge in [-0.2, -0.15) is 0 Å². The second kappa shape index (κ2) is 8.23. The molecule has 33 heavy (non-hydrogen) atoms. The van der Waals surface area contributed by atoms with Crippen molar-refractivity contribution in [2.75, 3.05) is 7.11 Å². The number of methoxy groups -OCH3 is 1. The maximum absolute atomic E-state index is 14.2. The number of fused-ring (bicyclic) bond motifs is 1. The average molecular weight is 501 g/mol. The van der Waals surface area contributed by atoms with Crippen LogP contribution in [0.5, 0.6) is 0 Å². The summed E-state index contributed by atoms with van der Waals surface area (Å²) in [5.41, 5.74) is 0.958. The van der Waals surface area contributed by atoms with E-state index in [1.165, 1.54) is 7.11 Å². The van der Waals surface area contributed by atoms with Gasteiger partial charge < -0.3 is 4.74 Å². The fourth-order valence-corrected chi connectivity index (χ4v) is 6.04. The molecule has 3 aromatic rings. The maximum atomic E-state index is 14.2. The van der Waals surface area contributed by atoms with E-state index in [1.54, 1.807) is 30.3 Å². The summed E-state index contributed by atoms with van der Waals surface area (Å²) in [5.74, 6) is -2.13. The van der Waals surface area contributed by atoms with Crippen molar-refractivity contribution in [1.29, 1.82) is 0 Å². The van der Waals surface area contributed by atoms with Crippen LogP contribution in [-0.4, -0.2) is 24.6 Å². The molecule has 2 aliphatic carbocycles. The predicted octanol–water partition coefficient (Wildman–Crippen LogP) is 5.89. The molecule has 0 aromatic heterocycles. The van der Waals surface area contributed by atoms with Crippen molar-refractivity contribution in [3.05, 3.63) is 117 Å². The average Bonchev–Trinajstić information content (AvgIpc) is 3.07. The Kier molecular flexibility index (Phi) is 5.37. The van der Waals surface area contributed by atoms with Gasteiger partial charge in [0.2, 0.25) is 0 Å². The number of halogens is 1. The Hall–Kier alpha value is -3.31. The van der Waals surface area contributed by atoms with Crippen LogP contribution in [0.2, 0.25) is 0 Å². The molecular weight excluding hydrogens is 480 g/mol. The molecule has 1 spiro atoms. The molecule has 3 aromatic carbocycles. The van der Waals surface area contributed by atoms with E-state index in [1.807, 2.05) is 54.6 Å². The van der Waals surface area contributed by atoms with Gasteiger partial charge in [-0.25, -0.2) is 4.79 Å². The summed E-state index contributed by atoms with van der Waals surface area (Å²) in [6.45, 7) is 0. The predicted molar refractivity (Wildman–Crippen MR) is 128 cm³/mol. The van der Waals surface area contributed by atoms with E-state index in [2.05, 4.69) is 15.9 Å². The lowest BCUT2D eigenvalue weighted by Crippen LogP contribution is -2.48. The van der Waals surface area contributed by atoms with E-state index in [9.17, 15) is 14.4 Å². The summed E-state index contributed by atoms with van der Waals surface area (Å²) in [7, 11) is 1.28. The molecule has 4 nitrogen and oxygen atoms in total. The monoisotopic (exact) mass is 500 g/mol. The molecule has 5 rings (SSSR count). The number of hydrogen-bond donors (Lipinski definition) is 0. The fraction of sp³-hybridized carbons (Fsp3) is 0.179. The van der Waals surface area contributed by atoms with Crippen molar-refractivity contribution in [2.24, 2.45) is 5.41 Å². The van der Waals surface area contributed by atoms with Gasteiger partial charge in [-0.1, -0.05) is 94.8 Å². The number of allylic oxidation sites excluding steroid dienone is 1. The lowest BCUT2D eigenvalue weighted by Gasteiger charge is -2.44. The zero-order chi connectivity index (χ0) is 23.2. The van der Waals surface area contributed by atoms with Gasteiger partial charge in [0.05, 0.1) is 12.7 Å². The number of carbonyl (C=O) groups is 3. The molecule has 0 bridgehead atoms. The number of ether oxygens (including phenoxy) is 1. The number of hydrogen-bond acceptors (Lipinski definition) is 4. The summed E-state index contributed by atoms with van der Waals surface area (Å²) < 4.78 is 5.89. The molecular formula is C28H21BrO4. The number of esters is 1. The van der Waals surface area contributed by atoms with Gasteiger partial charge in [0.1, 0.15) is 5.41 Å². The molecule has 0 N–H and O–H groups in total. The van der Waals surface area contributed by atoms with Gasteiger partial charge in [-0.15, -0.1) is 0 Å². The van der Waals surface area contributed by atoms with E-state index in [0.717, 1.165) is 15.6 Å². The van der Waals surface area contributed by atoms with Crippen LogP contribution >= 0.6 is 15.9 Å². The molecule has 0 aliphatic heterocycles. The molecule has 0 amide bonds. The van der Waals surface area contributed by atoms with E-state index in [0.29, 0.717) is 17.5 Å². The zero-order valence-electron chi connectivity index (χ0n) is 18.0. The third-order valence-electron chi connectivity index (χ3n) is 6.88. The number of ketones is 2. The molecule has 2 atom stereocenters. The van der Waals surface area contributed by atoms with Crippen LogP contribution in [0.3, 0.4) is 0 Å². The molecule has 0 radical (unpaired) electrons. The topological polar surface area (TPSA) is 60.4 Å². The third-order valence-corrected chi connectivity index (χ3v) is 7.60. The summed E-state index contributed by atoms with van der Waals surface area (Å²) in [5, 5.41) is 0. The molecule has 0 fully saturated rings. The Bertz CT molecular complexity index is 1270. The fourth-order valence-electron chi connectivity index (χ4n) is 5.51. The van der Waals surface area contributed by atoms with Crippen LogP contribution in [0.15, 0.2) is 95.0 Å². The first kappa shape index (κ1) is 21.5. The van der Waals surface area contributed by atoms with Gasteiger partial charge in [0, 0.05) is 21.5 Å². The van der Waals surface area contributed by atoms with Crippen molar-refractivity contribution < 1.29 is 19.1 Å². The highest BCUT2D eigenvalue weighted by atomic mass is 79.9. The Morgan fingerprint density at radius 2 is 1.45 bits per heavy atom. The molecule has 0 saturated heterocycles. The minimum absolute atomic E-state index is 0.129. The largest absolute Gasteiger partial charge is 0.466 e. The lowest BCUT2D eigenvalue weighted by atomic mass is 9.55. The van der Waals surface area contributed by atoms with Crippen LogP contribution in [0.1, 0.15) is 50.1 Å². The smallest absolute Gasteiger partial charge is 0.334 e. The normalized spacial score (nSPS) is 21.0. The summed E-state index contributed by atoms with van der Waals surface area (Å²) in [4.78, 5) is 41.5. The molecule has 0 saturated carbocycles. The first-order valence-corrected chi connectivity index (χ1v) is 11.6. The third kappa shape index (κ3) is 3.06. The van der Waals surface area contributed by atoms with Gasteiger partial charge >= 0.3 is 5.97 Å². The lowest BCUT2D eigenvalue weighted by molar-refractivity contribution is -0.137. The van der Waals surface area contributed by atoms with Crippen molar-refractivity contribution in [1.82, 2.24) is 0 Å². The molecule has 164 valence electrons. The Morgan fingerprint density at radius 1 is 0.879 bits per heavy atom. The SMILES string of the molecule is COC(=O)C1=CC[C@@H](c2ccccc2)[C@@H](c2ccccc2Br)C12C(=O)c1ccccc1C2=O. The number of Topliss-reactive ketones (excluding diaryl/α,β-unsaturated/α-hetero) is 2. The van der Waals surface area contributed by atoms with Gasteiger partial charge in [0.25, 0.3) is 0 Å². The highest BCUT2D eigenvalue weighted by Gasteiger charge is 2.65. The van der Waals surface area contributed by atoms with Crippen molar-refractivity contribution in [3.63, 3.8) is 0 Å². The molecule has 5 heteroatoms. The number of carbonyl (C=O) groups excluding carboxylic acids is 3. The van der Waals surface area contributed by atoms with Crippen molar-refractivity contribution >= 4 is 33.5 Å². The zero-order valence-corrected chi connectivity index (χ0v) is 19.5. The van der Waals surface area contributed by atoms with Crippen molar-refractivity contribution in [2.45, 2.75) is 18.3 Å². The van der Waals surface area contributed by atoms with Gasteiger partial charge in [0.15, 0.2) is 11.6 Å². The Morgan fingerprint density at radius 3 is 2.06 bits per heavy atom. The summed E-state index contributed by atoms with van der Waals surface area (Å²) in [6, 6.07) is 24.3. The summed E-state index contributed by atoms with van der Waals surface area (Å²) in [6.07, 6.45) is 2.23. The van der Waals surface area contributed by atoms with Crippen LogP contribution in [-0.2, 0) is 9.53 Å². The minimum Gasteiger partial charge on any atom is -0.466 e. The first-order valence-electron chi connectivity index (χ1n) is 10.8. The highest BCUT2D eigenvalue weighted by molar-refractivity contribution is 9.10. The van der Waals surface area contributed by atoms with Crippen LogP contribution < -0.4 is 0 Å². The molecule has 0 unspecified atom stereocenters. The van der Waals surface area contributed by atoms with E-state index in [4.69, 9.17) is 4.74 Å². The van der Waals surface area contributed by atoms with Crippen LogP contribution in [0, 0.1) is 5.41 Å². The van der Waals surface area contributed by atoms with Crippen LogP contribution in [0.25, 0.3) is 0 Å². The highest BCUT2D eigenvalue weighted by Crippen LogP contribution is 2.61. The maximum Gasteiger partial charge on any atom is 0.334 e. The quantitative estimate of drug-likeness (QED) is 0.332. The minimum atomic E-state index is -1.70. The van der Waals surface area contributed by atoms with E-state index >= 15 is 0 Å². The van der Waals surface area contributed by atoms with Crippen LogP contribution in [0.4, 0.5) is 0 Å². The number of rotatable bonds is 3. The summed E-state index contributed by atoms with van der Waals surface area (Å²) >= 11 is 3.65. The van der Waals surface area contributed by atoms with Crippen molar-refractivity contribution in [3.8, 4) is 0 Å². The van der Waals surface area contributed by atoms with Gasteiger partial charge in [-0.05, 0) is 29.5 Å². The first-order chi connectivity index (χ1) is 16.0. The standard InChI is InChI=1S/C28H21BrO4/c1-33-27(32)22-16-15-18(17-9-3-2-4-10-17)24(21-13-7-8-14-23(21)29)28(22)25(30)19-11-5-6-12-20(19)26(28)31/h2-14,16,18,24H,15H2,1H3/t18-,24-/m0/s1. The van der Waals surface area contributed by atoms with E-state index in [-0.39, 0.29) is 23.1 Å². The van der Waals surface area contributed by atoms with Gasteiger partial charge in [-0.3, -0.25) is 9.59 Å². The van der Waals surface area contributed by atoms with E-state index < -0.39 is 17.3 Å². The second-order valence-corrected chi connectivity index (χ2v) is 9.23.